The Kier molecular flexibility index (Phi) is 5.74. The van der Waals surface area contributed by atoms with E-state index in [0.29, 0.717) is 18.9 Å². The number of β-amino-alcohol motifs (C(OH)–C–C–N with tert-alkyl or cyclic N) is 1. The number of nitrogens with zero attached hydrogens (tertiary/aromatic N) is 2. The first-order chi connectivity index (χ1) is 8.65. The van der Waals surface area contributed by atoms with E-state index in [1.807, 2.05) is 0 Å². The van der Waals surface area contributed by atoms with Gasteiger partial charge in [0.2, 0.25) is 5.89 Å². The first-order valence-electron chi connectivity index (χ1n) is 5.88. The molecule has 0 aliphatic carbocycles. The van der Waals surface area contributed by atoms with Crippen LogP contribution in [0.25, 0.3) is 0 Å². The largest absolute Gasteiger partial charge is 0.447 e. The van der Waals surface area contributed by atoms with Gasteiger partial charge in [-0.25, -0.2) is 4.98 Å². The summed E-state index contributed by atoms with van der Waals surface area (Å²) in [6.07, 6.45) is 1.15. The van der Waals surface area contributed by atoms with Gasteiger partial charge in [0.25, 0.3) is 5.91 Å². The average Bonchev–Trinajstić information content (AvgIpc) is 2.86. The summed E-state index contributed by atoms with van der Waals surface area (Å²) in [5, 5.41) is 18.8. The number of halogens is 1. The maximum atomic E-state index is 12.1. The summed E-state index contributed by atoms with van der Waals surface area (Å²) in [5.41, 5.74) is 5.55. The van der Waals surface area contributed by atoms with E-state index >= 15 is 0 Å². The molecule has 1 aliphatic heterocycles. The number of aromatic nitrogens is 1. The highest BCUT2D eigenvalue weighted by Gasteiger charge is 2.31. The first-order valence-corrected chi connectivity index (χ1v) is 5.88. The third-order valence-electron chi connectivity index (χ3n) is 3.19. The summed E-state index contributed by atoms with van der Waals surface area (Å²) in [5.74, 6) is -0.135. The fourth-order valence-electron chi connectivity index (χ4n) is 2.04. The monoisotopic (exact) mass is 291 g/mol. The van der Waals surface area contributed by atoms with Gasteiger partial charge >= 0.3 is 0 Å². The number of carbonyl (C=O) groups is 1. The number of aliphatic hydroxyl groups excluding tert-OH is 2. The molecule has 1 aromatic heterocycles. The quantitative estimate of drug-likeness (QED) is 0.683. The van der Waals surface area contributed by atoms with Gasteiger partial charge in [0.05, 0.1) is 12.6 Å². The molecule has 0 bridgehead atoms. The van der Waals surface area contributed by atoms with Crippen LogP contribution >= 0.6 is 12.4 Å². The summed E-state index contributed by atoms with van der Waals surface area (Å²) < 4.78 is 5.01. The predicted octanol–water partition coefficient (Wildman–Crippen LogP) is -0.630. The molecule has 0 saturated carbocycles. The molecule has 108 valence electrons. The number of nitrogens with two attached hydrogens (primary N) is 1. The van der Waals surface area contributed by atoms with Crippen molar-refractivity contribution in [3.05, 3.63) is 17.8 Å². The number of hydrogen-bond acceptors (Lipinski definition) is 6. The summed E-state index contributed by atoms with van der Waals surface area (Å²) in [6, 6.07) is 0. The van der Waals surface area contributed by atoms with Gasteiger partial charge in [-0.05, 0) is 6.42 Å². The van der Waals surface area contributed by atoms with E-state index in [0.717, 1.165) is 0 Å². The van der Waals surface area contributed by atoms with Crippen LogP contribution in [0, 0.1) is 5.92 Å². The van der Waals surface area contributed by atoms with Gasteiger partial charge in [-0.15, -0.1) is 12.4 Å². The standard InChI is InChI=1S/C11H17N3O4.ClH/c12-3-10-13-8(6-18-10)11(17)14-2-1-7(5-15)9(16)4-14;/h6-7,9,15-16H,1-5,12H2;1H/t7-,9+;/m1./s1. The van der Waals surface area contributed by atoms with Crippen LogP contribution in [0.3, 0.4) is 0 Å². The Labute approximate surface area is 116 Å². The van der Waals surface area contributed by atoms with Gasteiger partial charge in [0.1, 0.15) is 6.26 Å². The Morgan fingerprint density at radius 2 is 2.37 bits per heavy atom. The second-order valence-electron chi connectivity index (χ2n) is 4.38. The summed E-state index contributed by atoms with van der Waals surface area (Å²) >= 11 is 0. The normalized spacial score (nSPS) is 23.0. The van der Waals surface area contributed by atoms with Crippen molar-refractivity contribution < 1.29 is 19.4 Å². The molecule has 1 fully saturated rings. The Bertz CT molecular complexity index is 426. The molecular formula is C11H18ClN3O4. The molecule has 19 heavy (non-hydrogen) atoms. The number of aliphatic hydroxyl groups is 2. The lowest BCUT2D eigenvalue weighted by atomic mass is 9.94. The number of oxazole rings is 1. The van der Waals surface area contributed by atoms with Crippen molar-refractivity contribution in [2.75, 3.05) is 19.7 Å². The molecule has 2 rings (SSSR count). The lowest BCUT2D eigenvalue weighted by molar-refractivity contribution is 0.000653. The molecule has 7 nitrogen and oxygen atoms in total. The van der Waals surface area contributed by atoms with E-state index in [2.05, 4.69) is 4.98 Å². The molecule has 8 heteroatoms. The topological polar surface area (TPSA) is 113 Å². The molecule has 1 saturated heterocycles. The van der Waals surface area contributed by atoms with Gasteiger partial charge in [0, 0.05) is 25.6 Å². The van der Waals surface area contributed by atoms with Crippen molar-refractivity contribution in [1.29, 1.82) is 0 Å². The van der Waals surface area contributed by atoms with Crippen LogP contribution in [-0.2, 0) is 6.54 Å². The third-order valence-corrected chi connectivity index (χ3v) is 3.19. The predicted molar refractivity (Wildman–Crippen MR) is 68.7 cm³/mol. The number of rotatable bonds is 3. The number of carbonyl (C=O) groups excluding carboxylic acids is 1. The Morgan fingerprint density at radius 3 is 2.89 bits per heavy atom. The molecule has 1 aliphatic rings. The molecule has 0 unspecified atom stereocenters. The van der Waals surface area contributed by atoms with Crippen LogP contribution < -0.4 is 5.73 Å². The molecule has 2 heterocycles. The van der Waals surface area contributed by atoms with Crippen molar-refractivity contribution in [2.24, 2.45) is 11.7 Å². The Hall–Kier alpha value is -1.15. The van der Waals surface area contributed by atoms with Crippen LogP contribution in [0.15, 0.2) is 10.7 Å². The molecule has 0 radical (unpaired) electrons. The highest BCUT2D eigenvalue weighted by molar-refractivity contribution is 5.92. The molecule has 1 amide bonds. The van der Waals surface area contributed by atoms with E-state index < -0.39 is 6.10 Å². The van der Waals surface area contributed by atoms with E-state index in [1.54, 1.807) is 0 Å². The van der Waals surface area contributed by atoms with Gasteiger partial charge in [0.15, 0.2) is 5.69 Å². The lowest BCUT2D eigenvalue weighted by Gasteiger charge is -2.34. The van der Waals surface area contributed by atoms with Gasteiger partial charge in [-0.1, -0.05) is 0 Å². The van der Waals surface area contributed by atoms with Gasteiger partial charge in [-0.3, -0.25) is 4.79 Å². The molecule has 0 spiro atoms. The number of piperidine rings is 1. The fraction of sp³-hybridized carbons (Fsp3) is 0.636. The highest BCUT2D eigenvalue weighted by atomic mass is 35.5. The molecule has 2 atom stereocenters. The average molecular weight is 292 g/mol. The maximum Gasteiger partial charge on any atom is 0.275 e. The zero-order valence-corrected chi connectivity index (χ0v) is 11.2. The second kappa shape index (κ2) is 6.85. The Morgan fingerprint density at radius 1 is 1.63 bits per heavy atom. The minimum Gasteiger partial charge on any atom is -0.447 e. The van der Waals surface area contributed by atoms with Crippen LogP contribution in [0.5, 0.6) is 0 Å². The number of amides is 1. The summed E-state index contributed by atoms with van der Waals surface area (Å²) in [4.78, 5) is 17.5. The van der Waals surface area contributed by atoms with E-state index in [1.165, 1.54) is 11.2 Å². The zero-order valence-electron chi connectivity index (χ0n) is 10.4. The van der Waals surface area contributed by atoms with E-state index in [9.17, 15) is 9.90 Å². The smallest absolute Gasteiger partial charge is 0.275 e. The molecular weight excluding hydrogens is 274 g/mol. The third kappa shape index (κ3) is 3.44. The minimum atomic E-state index is -0.700. The van der Waals surface area contributed by atoms with Gasteiger partial charge < -0.3 is 25.3 Å². The van der Waals surface area contributed by atoms with Crippen LogP contribution in [0.1, 0.15) is 22.8 Å². The lowest BCUT2D eigenvalue weighted by Crippen LogP contribution is -2.47. The van der Waals surface area contributed by atoms with E-state index in [-0.39, 0.29) is 49.6 Å². The maximum absolute atomic E-state index is 12.1. The zero-order chi connectivity index (χ0) is 13.1. The number of hydrogen-bond donors (Lipinski definition) is 3. The van der Waals surface area contributed by atoms with Crippen LogP contribution in [0.4, 0.5) is 0 Å². The summed E-state index contributed by atoms with van der Waals surface area (Å²) in [6.45, 7) is 0.772. The second-order valence-corrected chi connectivity index (χ2v) is 4.38. The fourth-order valence-corrected chi connectivity index (χ4v) is 2.04. The molecule has 0 aromatic carbocycles. The number of likely N-dealkylation sites (tertiary alicyclic amines) is 1. The van der Waals surface area contributed by atoms with Crippen molar-refractivity contribution in [3.63, 3.8) is 0 Å². The first kappa shape index (κ1) is 15.9. The molecule has 4 N–H and O–H groups in total. The van der Waals surface area contributed by atoms with Crippen LogP contribution in [0.2, 0.25) is 0 Å². The van der Waals surface area contributed by atoms with Crippen molar-refractivity contribution in [3.8, 4) is 0 Å². The van der Waals surface area contributed by atoms with Crippen molar-refractivity contribution >= 4 is 18.3 Å². The Balaban J connectivity index is 0.00000180. The van der Waals surface area contributed by atoms with Crippen molar-refractivity contribution in [2.45, 2.75) is 19.1 Å². The molecule has 1 aromatic rings. The highest BCUT2D eigenvalue weighted by Crippen LogP contribution is 2.19. The van der Waals surface area contributed by atoms with E-state index in [4.69, 9.17) is 15.3 Å². The van der Waals surface area contributed by atoms with Crippen molar-refractivity contribution in [1.82, 2.24) is 9.88 Å². The summed E-state index contributed by atoms with van der Waals surface area (Å²) in [7, 11) is 0. The van der Waals surface area contributed by atoms with Gasteiger partial charge in [-0.2, -0.15) is 0 Å². The van der Waals surface area contributed by atoms with Crippen LogP contribution in [-0.4, -0.2) is 51.8 Å². The minimum absolute atomic E-state index is 0. The SMILES string of the molecule is Cl.NCc1nc(C(=O)N2CC[C@H](CO)[C@@H](O)C2)co1.